The Hall–Kier alpha value is -2.80. The van der Waals surface area contributed by atoms with Crippen molar-refractivity contribution in [3.63, 3.8) is 0 Å². The number of halogens is 1. The van der Waals surface area contributed by atoms with Gasteiger partial charge in [0, 0.05) is 12.6 Å². The summed E-state index contributed by atoms with van der Waals surface area (Å²) in [6.07, 6.45) is 0.743. The Morgan fingerprint density at radius 3 is 2.50 bits per heavy atom. The Morgan fingerprint density at radius 1 is 1.12 bits per heavy atom. The molecule has 0 amide bonds. The third kappa shape index (κ3) is 3.30. The predicted molar refractivity (Wildman–Crippen MR) is 101 cm³/mol. The highest BCUT2D eigenvalue weighted by molar-refractivity contribution is 9.10. The molecule has 0 saturated heterocycles. The van der Waals surface area contributed by atoms with Gasteiger partial charge in [-0.3, -0.25) is 14.3 Å². The van der Waals surface area contributed by atoms with Crippen LogP contribution in [-0.2, 0) is 13.7 Å². The van der Waals surface area contributed by atoms with Crippen LogP contribution in [-0.4, -0.2) is 22.8 Å². The van der Waals surface area contributed by atoms with Crippen LogP contribution in [0.25, 0.3) is 5.69 Å². The van der Waals surface area contributed by atoms with Gasteiger partial charge in [0.2, 0.25) is 0 Å². The van der Waals surface area contributed by atoms with E-state index in [9.17, 15) is 9.59 Å². The minimum atomic E-state index is -0.166. The average Bonchev–Trinajstić information content (AvgIpc) is 2.89. The van der Waals surface area contributed by atoms with Crippen LogP contribution in [0.1, 0.15) is 16.1 Å². The van der Waals surface area contributed by atoms with Gasteiger partial charge in [0.1, 0.15) is 17.4 Å². The van der Waals surface area contributed by atoms with Crippen LogP contribution in [0.2, 0.25) is 0 Å². The molecule has 1 aromatic heterocycles. The van der Waals surface area contributed by atoms with Crippen LogP contribution in [0.4, 0.5) is 0 Å². The minimum Gasteiger partial charge on any atom is -0.493 e. The molecule has 0 spiro atoms. The second kappa shape index (κ2) is 7.61. The Labute approximate surface area is 158 Å². The molecule has 0 unspecified atom stereocenters. The molecule has 0 radical (unpaired) electrons. The summed E-state index contributed by atoms with van der Waals surface area (Å²) in [4.78, 5) is 23.5. The number of rotatable bonds is 6. The highest BCUT2D eigenvalue weighted by atomic mass is 79.9. The Balaban J connectivity index is 1.93. The van der Waals surface area contributed by atoms with E-state index in [0.717, 1.165) is 12.0 Å². The van der Waals surface area contributed by atoms with Gasteiger partial charge >= 0.3 is 0 Å². The number of ether oxygens (including phenoxy) is 2. The van der Waals surface area contributed by atoms with Crippen molar-refractivity contribution in [2.24, 2.45) is 7.05 Å². The molecule has 0 atom stereocenters. The molecule has 3 rings (SSSR count). The van der Waals surface area contributed by atoms with Crippen molar-refractivity contribution < 1.29 is 14.3 Å². The molecule has 6 nitrogen and oxygen atoms in total. The third-order valence-electron chi connectivity index (χ3n) is 4.01. The fourth-order valence-electron chi connectivity index (χ4n) is 2.65. The topological polar surface area (TPSA) is 62.5 Å². The quantitative estimate of drug-likeness (QED) is 0.578. The lowest BCUT2D eigenvalue weighted by atomic mass is 10.2. The van der Waals surface area contributed by atoms with Gasteiger partial charge in [-0.25, -0.2) is 4.68 Å². The standard InChI is InChI=1S/C19H17BrN2O4/c1-21-15(12-26-16-9-8-13(11-23)10-17(16)25-2)18(20)19(24)22(21)14-6-4-3-5-7-14/h3-11H,12H2,1-2H3. The van der Waals surface area contributed by atoms with Gasteiger partial charge in [-0.2, -0.15) is 0 Å². The molecule has 134 valence electrons. The first-order valence-electron chi connectivity index (χ1n) is 7.84. The van der Waals surface area contributed by atoms with Gasteiger partial charge < -0.3 is 9.47 Å². The fourth-order valence-corrected chi connectivity index (χ4v) is 3.19. The minimum absolute atomic E-state index is 0.156. The molecule has 0 fully saturated rings. The number of aldehydes is 1. The summed E-state index contributed by atoms with van der Waals surface area (Å²) in [5.74, 6) is 0.947. The lowest BCUT2D eigenvalue weighted by Gasteiger charge is -2.13. The second-order valence-electron chi connectivity index (χ2n) is 5.55. The number of benzene rings is 2. The molecule has 0 bridgehead atoms. The first kappa shape index (κ1) is 18.0. The lowest BCUT2D eigenvalue weighted by Crippen LogP contribution is -2.19. The maximum atomic E-state index is 12.6. The number of para-hydroxylation sites is 1. The number of carbonyl (C=O) groups is 1. The van der Waals surface area contributed by atoms with Crippen molar-refractivity contribution in [2.75, 3.05) is 7.11 Å². The van der Waals surface area contributed by atoms with E-state index in [1.54, 1.807) is 34.6 Å². The SMILES string of the molecule is COc1cc(C=O)ccc1OCc1c(Br)c(=O)n(-c2ccccc2)n1C. The molecule has 26 heavy (non-hydrogen) atoms. The Morgan fingerprint density at radius 2 is 1.85 bits per heavy atom. The average molecular weight is 417 g/mol. The normalized spacial score (nSPS) is 10.6. The highest BCUT2D eigenvalue weighted by Crippen LogP contribution is 2.29. The Bertz CT molecular complexity index is 993. The second-order valence-corrected chi connectivity index (χ2v) is 6.35. The van der Waals surface area contributed by atoms with Crippen LogP contribution in [0, 0.1) is 0 Å². The highest BCUT2D eigenvalue weighted by Gasteiger charge is 2.18. The molecule has 1 heterocycles. The van der Waals surface area contributed by atoms with E-state index in [4.69, 9.17) is 9.47 Å². The zero-order valence-electron chi connectivity index (χ0n) is 14.3. The molecule has 0 N–H and O–H groups in total. The van der Waals surface area contributed by atoms with Crippen molar-refractivity contribution in [1.82, 2.24) is 9.36 Å². The lowest BCUT2D eigenvalue weighted by molar-refractivity contribution is 0.112. The number of methoxy groups -OCH3 is 1. The van der Waals surface area contributed by atoms with Gasteiger partial charge in [-0.1, -0.05) is 18.2 Å². The molecule has 0 saturated carbocycles. The molecule has 7 heteroatoms. The number of aromatic nitrogens is 2. The fraction of sp³-hybridized carbons (Fsp3) is 0.158. The van der Waals surface area contributed by atoms with Crippen LogP contribution < -0.4 is 15.0 Å². The summed E-state index contributed by atoms with van der Waals surface area (Å²) in [5.41, 5.74) is 1.78. The number of nitrogens with zero attached hydrogens (tertiary/aromatic N) is 2. The van der Waals surface area contributed by atoms with E-state index >= 15 is 0 Å². The van der Waals surface area contributed by atoms with Crippen molar-refractivity contribution in [1.29, 1.82) is 0 Å². The van der Waals surface area contributed by atoms with Crippen molar-refractivity contribution in [2.45, 2.75) is 6.61 Å². The number of carbonyl (C=O) groups excluding carboxylic acids is 1. The zero-order valence-corrected chi connectivity index (χ0v) is 15.9. The van der Waals surface area contributed by atoms with Crippen molar-refractivity contribution >= 4 is 22.2 Å². The van der Waals surface area contributed by atoms with Gasteiger partial charge in [-0.15, -0.1) is 0 Å². The maximum Gasteiger partial charge on any atom is 0.286 e. The number of hydrogen-bond acceptors (Lipinski definition) is 4. The van der Waals surface area contributed by atoms with Gasteiger partial charge in [0.25, 0.3) is 5.56 Å². The summed E-state index contributed by atoms with van der Waals surface area (Å²) < 4.78 is 14.8. The first-order valence-corrected chi connectivity index (χ1v) is 8.64. The van der Waals surface area contributed by atoms with Gasteiger partial charge in [-0.05, 0) is 46.3 Å². The molecular weight excluding hydrogens is 400 g/mol. The van der Waals surface area contributed by atoms with Gasteiger partial charge in [0.05, 0.1) is 18.5 Å². The summed E-state index contributed by atoms with van der Waals surface area (Å²) in [7, 11) is 3.30. The summed E-state index contributed by atoms with van der Waals surface area (Å²) in [6.45, 7) is 0.156. The molecule has 0 aliphatic rings. The monoisotopic (exact) mass is 416 g/mol. The van der Waals surface area contributed by atoms with Gasteiger partial charge in [0.15, 0.2) is 11.5 Å². The third-order valence-corrected chi connectivity index (χ3v) is 4.81. The summed E-state index contributed by atoms with van der Waals surface area (Å²) in [6, 6.07) is 14.3. The summed E-state index contributed by atoms with van der Waals surface area (Å²) in [5, 5.41) is 0. The molecule has 3 aromatic rings. The Kier molecular flexibility index (Phi) is 5.27. The molecular formula is C19H17BrN2O4. The van der Waals surface area contributed by atoms with E-state index < -0.39 is 0 Å². The number of hydrogen-bond donors (Lipinski definition) is 0. The van der Waals surface area contributed by atoms with Crippen LogP contribution in [0.3, 0.4) is 0 Å². The van der Waals surface area contributed by atoms with E-state index in [1.165, 1.54) is 7.11 Å². The molecule has 0 aliphatic heterocycles. The van der Waals surface area contributed by atoms with E-state index in [0.29, 0.717) is 27.2 Å². The molecule has 0 aliphatic carbocycles. The predicted octanol–water partition coefficient (Wildman–Crippen LogP) is 3.34. The van der Waals surface area contributed by atoms with Crippen LogP contribution >= 0.6 is 15.9 Å². The van der Waals surface area contributed by atoms with E-state index in [-0.39, 0.29) is 12.2 Å². The van der Waals surface area contributed by atoms with Crippen LogP contribution in [0.15, 0.2) is 57.8 Å². The molecule has 2 aromatic carbocycles. The van der Waals surface area contributed by atoms with Crippen molar-refractivity contribution in [3.8, 4) is 17.2 Å². The van der Waals surface area contributed by atoms with E-state index in [2.05, 4.69) is 15.9 Å². The largest absolute Gasteiger partial charge is 0.493 e. The summed E-state index contributed by atoms with van der Waals surface area (Å²) >= 11 is 3.37. The van der Waals surface area contributed by atoms with Crippen molar-refractivity contribution in [3.05, 3.63) is 74.6 Å². The smallest absolute Gasteiger partial charge is 0.286 e. The maximum absolute atomic E-state index is 12.6. The zero-order chi connectivity index (χ0) is 18.7. The van der Waals surface area contributed by atoms with E-state index in [1.807, 2.05) is 30.3 Å². The first-order chi connectivity index (χ1) is 12.6. The van der Waals surface area contributed by atoms with Crippen LogP contribution in [0.5, 0.6) is 11.5 Å².